The Hall–Kier alpha value is -1.93. The molecule has 0 unspecified atom stereocenters. The second kappa shape index (κ2) is 7.13. The Kier molecular flexibility index (Phi) is 5.10. The van der Waals surface area contributed by atoms with Crippen molar-refractivity contribution in [1.82, 2.24) is 15.8 Å². The lowest BCUT2D eigenvalue weighted by molar-refractivity contribution is -0.139. The number of nitrogens with zero attached hydrogens (tertiary/aromatic N) is 1. The zero-order valence-corrected chi connectivity index (χ0v) is 15.2. The third kappa shape index (κ3) is 3.69. The first-order valence-electron chi connectivity index (χ1n) is 7.83. The molecule has 2 aliphatic heterocycles. The number of rotatable bonds is 4. The number of amides is 3. The molecular formula is C16H18ClN3O4S. The molecule has 0 radical (unpaired) electrons. The Morgan fingerprint density at radius 1 is 1.40 bits per heavy atom. The minimum Gasteiger partial charge on any atom is -0.482 e. The summed E-state index contributed by atoms with van der Waals surface area (Å²) in [6, 6.07) is 6.21. The maximum absolute atomic E-state index is 12.3. The third-order valence-electron chi connectivity index (χ3n) is 4.27. The average Bonchev–Trinajstić information content (AvgIpc) is 3.08. The molecule has 2 atom stereocenters. The first kappa shape index (κ1) is 17.9. The molecule has 0 aromatic heterocycles. The van der Waals surface area contributed by atoms with Gasteiger partial charge in [-0.25, -0.2) is 0 Å². The molecule has 0 bridgehead atoms. The Labute approximate surface area is 154 Å². The lowest BCUT2D eigenvalue weighted by Gasteiger charge is -2.29. The average molecular weight is 384 g/mol. The highest BCUT2D eigenvalue weighted by atomic mass is 35.5. The van der Waals surface area contributed by atoms with Gasteiger partial charge in [-0.3, -0.25) is 25.2 Å². The third-order valence-corrected chi connectivity index (χ3v) is 6.09. The van der Waals surface area contributed by atoms with E-state index in [0.29, 0.717) is 22.9 Å². The molecule has 2 N–H and O–H groups in total. The second-order valence-corrected chi connectivity index (χ2v) is 7.93. The van der Waals surface area contributed by atoms with Crippen molar-refractivity contribution in [2.24, 2.45) is 0 Å². The van der Waals surface area contributed by atoms with Crippen LogP contribution < -0.4 is 15.6 Å². The number of benzene rings is 1. The summed E-state index contributed by atoms with van der Waals surface area (Å²) >= 11 is 7.52. The number of nitrogens with one attached hydrogen (secondary N) is 2. The Bertz CT molecular complexity index is 716. The summed E-state index contributed by atoms with van der Waals surface area (Å²) in [5.74, 6) is -0.0515. The summed E-state index contributed by atoms with van der Waals surface area (Å²) in [5.41, 5.74) is 4.67. The molecule has 0 aliphatic carbocycles. The van der Waals surface area contributed by atoms with Crippen LogP contribution in [-0.4, -0.2) is 45.9 Å². The van der Waals surface area contributed by atoms with Crippen molar-refractivity contribution in [2.45, 2.75) is 30.7 Å². The predicted molar refractivity (Wildman–Crippen MR) is 94.0 cm³/mol. The van der Waals surface area contributed by atoms with E-state index in [-0.39, 0.29) is 17.4 Å². The van der Waals surface area contributed by atoms with Crippen LogP contribution in [0.5, 0.6) is 5.75 Å². The van der Waals surface area contributed by atoms with Gasteiger partial charge in [0, 0.05) is 12.2 Å². The van der Waals surface area contributed by atoms with Gasteiger partial charge >= 0.3 is 0 Å². The molecule has 9 heteroatoms. The summed E-state index contributed by atoms with van der Waals surface area (Å²) in [5, 5.41) is 0.397. The fraction of sp³-hybridized carbons (Fsp3) is 0.438. The second-order valence-electron chi connectivity index (χ2n) is 6.02. The molecule has 134 valence electrons. The van der Waals surface area contributed by atoms with Crippen molar-refractivity contribution < 1.29 is 19.1 Å². The maximum Gasteiger partial charge on any atom is 0.276 e. The van der Waals surface area contributed by atoms with Gasteiger partial charge in [0.2, 0.25) is 5.91 Å². The molecule has 2 saturated heterocycles. The standard InChI is InChI=1S/C16H18ClN3O4S/c1-16-7-6-14(22)20(16)11(9-25-16)15(23)19-18-13(21)8-24-12-5-3-2-4-10(12)17/h2-5,11H,6-9H2,1H3,(H,18,21)(H,19,23)/t11-,16+/m0/s1. The van der Waals surface area contributed by atoms with Gasteiger partial charge in [-0.2, -0.15) is 0 Å². The molecule has 2 aliphatic rings. The summed E-state index contributed by atoms with van der Waals surface area (Å²) < 4.78 is 5.29. The van der Waals surface area contributed by atoms with Gasteiger partial charge in [0.05, 0.1) is 9.89 Å². The number of thioether (sulfide) groups is 1. The molecule has 0 saturated carbocycles. The van der Waals surface area contributed by atoms with Gasteiger partial charge in [-0.1, -0.05) is 23.7 Å². The normalized spacial score (nSPS) is 24.8. The lowest BCUT2D eigenvalue weighted by Crippen LogP contribution is -2.54. The van der Waals surface area contributed by atoms with Gasteiger partial charge < -0.3 is 9.64 Å². The van der Waals surface area contributed by atoms with Gasteiger partial charge in [0.1, 0.15) is 11.8 Å². The van der Waals surface area contributed by atoms with E-state index >= 15 is 0 Å². The van der Waals surface area contributed by atoms with Crippen molar-refractivity contribution in [2.75, 3.05) is 12.4 Å². The first-order valence-corrected chi connectivity index (χ1v) is 9.19. The largest absolute Gasteiger partial charge is 0.482 e. The Morgan fingerprint density at radius 3 is 2.92 bits per heavy atom. The van der Waals surface area contributed by atoms with Crippen LogP contribution in [0.15, 0.2) is 24.3 Å². The van der Waals surface area contributed by atoms with E-state index < -0.39 is 17.9 Å². The molecule has 7 nitrogen and oxygen atoms in total. The van der Waals surface area contributed by atoms with Crippen molar-refractivity contribution in [3.8, 4) is 5.75 Å². The van der Waals surface area contributed by atoms with E-state index in [0.717, 1.165) is 6.42 Å². The number of hydrogen-bond donors (Lipinski definition) is 2. The van der Waals surface area contributed by atoms with Crippen LogP contribution in [0.1, 0.15) is 19.8 Å². The van der Waals surface area contributed by atoms with Crippen molar-refractivity contribution in [3.05, 3.63) is 29.3 Å². The van der Waals surface area contributed by atoms with Crippen LogP contribution in [0.3, 0.4) is 0 Å². The Balaban J connectivity index is 1.48. The Morgan fingerprint density at radius 2 is 2.16 bits per heavy atom. The fourth-order valence-corrected chi connectivity index (χ4v) is 4.59. The number of carbonyl (C=O) groups is 3. The molecule has 0 spiro atoms. The van der Waals surface area contributed by atoms with Crippen LogP contribution in [0, 0.1) is 0 Å². The number of hydrazine groups is 1. The van der Waals surface area contributed by atoms with Crippen LogP contribution in [0.25, 0.3) is 0 Å². The highest BCUT2D eigenvalue weighted by Crippen LogP contribution is 2.47. The number of fused-ring (bicyclic) bond motifs is 1. The van der Waals surface area contributed by atoms with Crippen molar-refractivity contribution in [3.63, 3.8) is 0 Å². The molecule has 2 fully saturated rings. The van der Waals surface area contributed by atoms with Crippen LogP contribution >= 0.6 is 23.4 Å². The zero-order valence-electron chi connectivity index (χ0n) is 13.6. The van der Waals surface area contributed by atoms with Crippen LogP contribution in [0.2, 0.25) is 5.02 Å². The topological polar surface area (TPSA) is 87.7 Å². The fourth-order valence-electron chi connectivity index (χ4n) is 2.97. The molecule has 25 heavy (non-hydrogen) atoms. The summed E-state index contributed by atoms with van der Waals surface area (Å²) in [7, 11) is 0. The highest BCUT2D eigenvalue weighted by molar-refractivity contribution is 8.01. The first-order chi connectivity index (χ1) is 11.9. The molecule has 2 heterocycles. The number of hydrogen-bond acceptors (Lipinski definition) is 5. The SMILES string of the molecule is C[C@@]12CCC(=O)N1[C@H](C(=O)NNC(=O)COc1ccccc1Cl)CS2. The van der Waals surface area contributed by atoms with E-state index in [4.69, 9.17) is 16.3 Å². The smallest absolute Gasteiger partial charge is 0.276 e. The molecule has 3 rings (SSSR count). The highest BCUT2D eigenvalue weighted by Gasteiger charge is 2.52. The summed E-state index contributed by atoms with van der Waals surface area (Å²) in [4.78, 5) is 37.5. The van der Waals surface area contributed by atoms with E-state index in [1.54, 1.807) is 40.9 Å². The molecule has 1 aromatic rings. The van der Waals surface area contributed by atoms with Crippen LogP contribution in [0.4, 0.5) is 0 Å². The number of carbonyl (C=O) groups excluding carboxylic acids is 3. The number of para-hydroxylation sites is 1. The van der Waals surface area contributed by atoms with Gasteiger partial charge in [-0.15, -0.1) is 11.8 Å². The number of ether oxygens (including phenoxy) is 1. The van der Waals surface area contributed by atoms with E-state index in [9.17, 15) is 14.4 Å². The maximum atomic E-state index is 12.3. The van der Waals surface area contributed by atoms with Crippen molar-refractivity contribution >= 4 is 41.1 Å². The van der Waals surface area contributed by atoms with Crippen molar-refractivity contribution in [1.29, 1.82) is 0 Å². The minimum absolute atomic E-state index is 0.0268. The summed E-state index contributed by atoms with van der Waals surface area (Å²) in [6.07, 6.45) is 1.18. The predicted octanol–water partition coefficient (Wildman–Crippen LogP) is 1.32. The molecule has 1 aromatic carbocycles. The van der Waals surface area contributed by atoms with Gasteiger partial charge in [-0.05, 0) is 25.5 Å². The minimum atomic E-state index is -0.574. The molecule has 3 amide bonds. The summed E-state index contributed by atoms with van der Waals surface area (Å²) in [6.45, 7) is 1.68. The monoisotopic (exact) mass is 383 g/mol. The molecular weight excluding hydrogens is 366 g/mol. The zero-order chi connectivity index (χ0) is 18.0. The van der Waals surface area contributed by atoms with Crippen LogP contribution in [-0.2, 0) is 14.4 Å². The number of halogens is 1. The van der Waals surface area contributed by atoms with E-state index in [2.05, 4.69) is 10.9 Å². The van der Waals surface area contributed by atoms with Gasteiger partial charge in [0.15, 0.2) is 6.61 Å². The van der Waals surface area contributed by atoms with E-state index in [1.807, 2.05) is 6.92 Å². The quantitative estimate of drug-likeness (QED) is 0.766. The van der Waals surface area contributed by atoms with Gasteiger partial charge in [0.25, 0.3) is 11.8 Å². The lowest BCUT2D eigenvalue weighted by atomic mass is 10.2. The van der Waals surface area contributed by atoms with E-state index in [1.165, 1.54) is 0 Å².